The molecule has 1 saturated carbocycles. The first-order valence-corrected chi connectivity index (χ1v) is 11.4. The van der Waals surface area contributed by atoms with Crippen LogP contribution in [-0.4, -0.2) is 48.2 Å². The fourth-order valence-electron chi connectivity index (χ4n) is 4.33. The van der Waals surface area contributed by atoms with Crippen LogP contribution in [0.5, 0.6) is 0 Å². The van der Waals surface area contributed by atoms with Gasteiger partial charge in [0, 0.05) is 42.5 Å². The topological polar surface area (TPSA) is 69.7 Å². The van der Waals surface area contributed by atoms with E-state index in [4.69, 9.17) is 0 Å². The summed E-state index contributed by atoms with van der Waals surface area (Å²) in [5, 5.41) is 3.03. The Kier molecular flexibility index (Phi) is 6.42. The summed E-state index contributed by atoms with van der Waals surface area (Å²) in [5.41, 5.74) is 5.64. The van der Waals surface area contributed by atoms with Crippen LogP contribution in [0.15, 0.2) is 36.4 Å². The number of nitrogens with one attached hydrogen (secondary N) is 1. The van der Waals surface area contributed by atoms with Crippen LogP contribution in [-0.2, 0) is 16.0 Å². The van der Waals surface area contributed by atoms with Gasteiger partial charge >= 0.3 is 0 Å². The number of ketones is 1. The molecule has 1 N–H and O–H groups in total. The molecule has 0 unspecified atom stereocenters. The van der Waals surface area contributed by atoms with Gasteiger partial charge in [0.25, 0.3) is 0 Å². The number of nitrogens with zero attached hydrogens (tertiary/aromatic N) is 2. The Morgan fingerprint density at radius 1 is 1.09 bits per heavy atom. The molecule has 0 bridgehead atoms. The van der Waals surface area contributed by atoms with Crippen molar-refractivity contribution >= 4 is 29.0 Å². The van der Waals surface area contributed by atoms with Crippen LogP contribution in [0, 0.1) is 13.8 Å². The molecular formula is C26H31N3O3. The lowest BCUT2D eigenvalue weighted by molar-refractivity contribution is -0.120. The third-order valence-corrected chi connectivity index (χ3v) is 6.37. The largest absolute Gasteiger partial charge is 0.325 e. The summed E-state index contributed by atoms with van der Waals surface area (Å²) in [6.07, 6.45) is 3.30. The summed E-state index contributed by atoms with van der Waals surface area (Å²) in [5.74, 6) is 0.0676. The van der Waals surface area contributed by atoms with Crippen LogP contribution in [0.25, 0.3) is 0 Å². The van der Waals surface area contributed by atoms with E-state index >= 15 is 0 Å². The van der Waals surface area contributed by atoms with Crippen molar-refractivity contribution in [2.24, 2.45) is 0 Å². The van der Waals surface area contributed by atoms with Crippen molar-refractivity contribution in [3.63, 3.8) is 0 Å². The predicted octanol–water partition coefficient (Wildman–Crippen LogP) is 3.89. The van der Waals surface area contributed by atoms with Crippen molar-refractivity contribution in [3.05, 3.63) is 58.7 Å². The number of anilines is 2. The van der Waals surface area contributed by atoms with Gasteiger partial charge in [-0.15, -0.1) is 0 Å². The Bertz CT molecular complexity index is 1060. The van der Waals surface area contributed by atoms with E-state index in [-0.39, 0.29) is 17.6 Å². The molecule has 168 valence electrons. The Morgan fingerprint density at radius 2 is 1.88 bits per heavy atom. The minimum atomic E-state index is -0.0404. The number of aryl methyl sites for hydroxylation is 2. The maximum absolute atomic E-state index is 13.0. The minimum absolute atomic E-state index is 0.0387. The van der Waals surface area contributed by atoms with Gasteiger partial charge in [-0.05, 0) is 81.0 Å². The van der Waals surface area contributed by atoms with E-state index in [9.17, 15) is 14.4 Å². The molecule has 1 fully saturated rings. The van der Waals surface area contributed by atoms with Crippen LogP contribution < -0.4 is 10.2 Å². The highest BCUT2D eigenvalue weighted by molar-refractivity contribution is 5.98. The number of fused-ring (bicyclic) bond motifs is 1. The average molecular weight is 434 g/mol. The average Bonchev–Trinajstić information content (AvgIpc) is 3.51. The zero-order chi connectivity index (χ0) is 22.8. The van der Waals surface area contributed by atoms with Gasteiger partial charge in [-0.2, -0.15) is 0 Å². The molecule has 2 amide bonds. The molecule has 2 aromatic rings. The summed E-state index contributed by atoms with van der Waals surface area (Å²) in [6, 6.07) is 12.0. The molecule has 32 heavy (non-hydrogen) atoms. The molecule has 6 heteroatoms. The highest BCUT2D eigenvalue weighted by atomic mass is 16.2. The van der Waals surface area contributed by atoms with E-state index in [1.165, 1.54) is 0 Å². The first kappa shape index (κ1) is 22.2. The van der Waals surface area contributed by atoms with E-state index in [1.54, 1.807) is 13.0 Å². The Morgan fingerprint density at radius 3 is 2.59 bits per heavy atom. The van der Waals surface area contributed by atoms with Gasteiger partial charge in [-0.1, -0.05) is 12.1 Å². The molecule has 0 aromatic heterocycles. The van der Waals surface area contributed by atoms with Crippen LogP contribution in [0.1, 0.15) is 53.2 Å². The molecule has 0 radical (unpaired) electrons. The number of rotatable bonds is 8. The second-order valence-electron chi connectivity index (χ2n) is 9.01. The molecule has 1 heterocycles. The second-order valence-corrected chi connectivity index (χ2v) is 9.01. The van der Waals surface area contributed by atoms with Crippen molar-refractivity contribution in [3.8, 4) is 0 Å². The molecular weight excluding hydrogens is 402 g/mol. The molecule has 2 aromatic carbocycles. The van der Waals surface area contributed by atoms with Crippen LogP contribution in [0.4, 0.5) is 11.4 Å². The fraction of sp³-hybridized carbons (Fsp3) is 0.423. The zero-order valence-electron chi connectivity index (χ0n) is 19.1. The predicted molar refractivity (Wildman–Crippen MR) is 126 cm³/mol. The van der Waals surface area contributed by atoms with Crippen molar-refractivity contribution in [1.29, 1.82) is 0 Å². The minimum Gasteiger partial charge on any atom is -0.325 e. The number of carbonyl (C=O) groups is 3. The molecule has 0 atom stereocenters. The van der Waals surface area contributed by atoms with Gasteiger partial charge in [0.15, 0.2) is 5.78 Å². The Labute approximate surface area is 189 Å². The highest BCUT2D eigenvalue weighted by Gasteiger charge is 2.32. The Hall–Kier alpha value is -2.99. The first-order valence-electron chi connectivity index (χ1n) is 11.4. The SMILES string of the molecule is CC(=O)c1ccc2c(c1)CCN2C(=O)CCN(CC(=O)Nc1cc(C)ccc1C)C1CC1. The van der Waals surface area contributed by atoms with Crippen LogP contribution in [0.3, 0.4) is 0 Å². The molecule has 6 nitrogen and oxygen atoms in total. The quantitative estimate of drug-likeness (QED) is 0.642. The van der Waals surface area contributed by atoms with E-state index < -0.39 is 0 Å². The van der Waals surface area contributed by atoms with Crippen molar-refractivity contribution in [2.75, 3.05) is 29.9 Å². The summed E-state index contributed by atoms with van der Waals surface area (Å²) >= 11 is 0. The molecule has 2 aliphatic rings. The van der Waals surface area contributed by atoms with Gasteiger partial charge in [-0.25, -0.2) is 0 Å². The standard InChI is InChI=1S/C26H31N3O3/c1-17-4-5-18(2)23(14-17)27-25(31)16-28(22-7-8-22)12-11-26(32)29-13-10-21-15-20(19(3)30)6-9-24(21)29/h4-6,9,14-15,22H,7-8,10-13,16H2,1-3H3,(H,27,31). The van der Waals surface area contributed by atoms with E-state index in [2.05, 4.69) is 10.2 Å². The lowest BCUT2D eigenvalue weighted by atomic mass is 10.1. The lowest BCUT2D eigenvalue weighted by Gasteiger charge is -2.23. The monoisotopic (exact) mass is 433 g/mol. The number of hydrogen-bond donors (Lipinski definition) is 1. The Balaban J connectivity index is 1.35. The smallest absolute Gasteiger partial charge is 0.238 e. The van der Waals surface area contributed by atoms with E-state index in [0.717, 1.165) is 47.3 Å². The second kappa shape index (κ2) is 9.25. The highest BCUT2D eigenvalue weighted by Crippen LogP contribution is 2.31. The van der Waals surface area contributed by atoms with Gasteiger partial charge < -0.3 is 10.2 Å². The van der Waals surface area contributed by atoms with Gasteiger partial charge in [0.1, 0.15) is 0 Å². The molecule has 1 aliphatic heterocycles. The molecule has 0 saturated heterocycles. The van der Waals surface area contributed by atoms with E-state index in [0.29, 0.717) is 37.7 Å². The number of Topliss-reactive ketones (excluding diaryl/α,β-unsaturated/α-hetero) is 1. The molecule has 1 aliphatic carbocycles. The summed E-state index contributed by atoms with van der Waals surface area (Å²) in [7, 11) is 0. The van der Waals surface area contributed by atoms with Gasteiger partial charge in [-0.3, -0.25) is 19.3 Å². The van der Waals surface area contributed by atoms with Gasteiger partial charge in [0.05, 0.1) is 6.54 Å². The third kappa shape index (κ3) is 5.07. The maximum Gasteiger partial charge on any atom is 0.238 e. The molecule has 4 rings (SSSR count). The molecule has 0 spiro atoms. The van der Waals surface area contributed by atoms with E-state index in [1.807, 2.05) is 49.1 Å². The van der Waals surface area contributed by atoms with Crippen LogP contribution in [0.2, 0.25) is 0 Å². The number of carbonyl (C=O) groups excluding carboxylic acids is 3. The van der Waals surface area contributed by atoms with Crippen molar-refractivity contribution in [2.45, 2.75) is 52.5 Å². The normalized spacial score (nSPS) is 15.1. The number of amides is 2. The summed E-state index contributed by atoms with van der Waals surface area (Å²) in [4.78, 5) is 41.2. The lowest BCUT2D eigenvalue weighted by Crippen LogP contribution is -2.38. The van der Waals surface area contributed by atoms with Gasteiger partial charge in [0.2, 0.25) is 11.8 Å². The summed E-state index contributed by atoms with van der Waals surface area (Å²) in [6.45, 7) is 7.06. The fourth-order valence-corrected chi connectivity index (χ4v) is 4.33. The zero-order valence-corrected chi connectivity index (χ0v) is 19.1. The van der Waals surface area contributed by atoms with Crippen molar-refractivity contribution in [1.82, 2.24) is 4.90 Å². The maximum atomic E-state index is 13.0. The number of benzene rings is 2. The van der Waals surface area contributed by atoms with Crippen molar-refractivity contribution < 1.29 is 14.4 Å². The number of hydrogen-bond acceptors (Lipinski definition) is 4. The first-order chi connectivity index (χ1) is 15.3. The third-order valence-electron chi connectivity index (χ3n) is 6.37. The summed E-state index contributed by atoms with van der Waals surface area (Å²) < 4.78 is 0. The van der Waals surface area contributed by atoms with Crippen LogP contribution >= 0.6 is 0 Å².